The van der Waals surface area contributed by atoms with Crippen LogP contribution in [0.5, 0.6) is 0 Å². The number of nitrogens with one attached hydrogen (secondary N) is 1. The number of carbonyl (C=O) groups excluding carboxylic acids is 1. The molecule has 0 aliphatic carbocycles. The minimum atomic E-state index is -0.0566. The van der Waals surface area contributed by atoms with Crippen molar-refractivity contribution < 1.29 is 9.53 Å². The molecule has 0 radical (unpaired) electrons. The van der Waals surface area contributed by atoms with Crippen LogP contribution in [0, 0.1) is 0 Å². The average molecular weight is 281 g/mol. The first-order chi connectivity index (χ1) is 9.20. The van der Waals surface area contributed by atoms with Crippen LogP contribution in [0.2, 0.25) is 0 Å². The topological polar surface area (TPSA) is 54.5 Å². The number of nitrogens with zero attached hydrogens (tertiary/aromatic N) is 2. The number of carbonyl (C=O) groups is 1. The molecule has 1 aliphatic heterocycles. The summed E-state index contributed by atoms with van der Waals surface area (Å²) in [5, 5.41) is 2.80. The minimum Gasteiger partial charge on any atom is -0.378 e. The van der Waals surface area contributed by atoms with Crippen LogP contribution in [0.3, 0.4) is 0 Å². The van der Waals surface area contributed by atoms with Crippen LogP contribution in [0.25, 0.3) is 0 Å². The molecule has 2 heterocycles. The highest BCUT2D eigenvalue weighted by molar-refractivity contribution is 7.99. The molecule has 6 heteroatoms. The van der Waals surface area contributed by atoms with Gasteiger partial charge in [0.2, 0.25) is 5.91 Å². The van der Waals surface area contributed by atoms with E-state index in [0.29, 0.717) is 0 Å². The van der Waals surface area contributed by atoms with Crippen molar-refractivity contribution in [2.24, 2.45) is 0 Å². The number of morpholine rings is 1. The molecule has 5 nitrogen and oxygen atoms in total. The Morgan fingerprint density at radius 1 is 1.47 bits per heavy atom. The van der Waals surface area contributed by atoms with Crippen molar-refractivity contribution in [1.29, 1.82) is 0 Å². The number of anilines is 2. The second kappa shape index (κ2) is 6.77. The molecule has 19 heavy (non-hydrogen) atoms. The summed E-state index contributed by atoms with van der Waals surface area (Å²) in [5.74, 6) is 0.938. The van der Waals surface area contributed by atoms with E-state index in [9.17, 15) is 4.79 Å². The largest absolute Gasteiger partial charge is 0.378 e. The van der Waals surface area contributed by atoms with Crippen molar-refractivity contribution in [2.75, 3.05) is 42.8 Å². The summed E-state index contributed by atoms with van der Waals surface area (Å²) >= 11 is 1.52. The molecule has 1 fully saturated rings. The Morgan fingerprint density at radius 2 is 2.21 bits per heavy atom. The van der Waals surface area contributed by atoms with E-state index < -0.39 is 0 Å². The van der Waals surface area contributed by atoms with Crippen molar-refractivity contribution in [1.82, 2.24) is 4.98 Å². The second-order valence-corrected chi connectivity index (χ2v) is 5.55. The third kappa shape index (κ3) is 3.84. The maximum absolute atomic E-state index is 11.7. The van der Waals surface area contributed by atoms with Gasteiger partial charge in [0.05, 0.1) is 30.3 Å². The van der Waals surface area contributed by atoms with Gasteiger partial charge in [0, 0.05) is 13.1 Å². The molecule has 1 aromatic heterocycles. The Labute approximate surface area is 117 Å². The molecular formula is C13H19N3O2S. The van der Waals surface area contributed by atoms with Gasteiger partial charge in [-0.1, -0.05) is 0 Å². The number of ether oxygens (including phenoxy) is 1. The van der Waals surface area contributed by atoms with E-state index in [-0.39, 0.29) is 11.2 Å². The van der Waals surface area contributed by atoms with E-state index in [0.717, 1.165) is 37.8 Å². The van der Waals surface area contributed by atoms with Crippen LogP contribution < -0.4 is 10.2 Å². The van der Waals surface area contributed by atoms with Gasteiger partial charge in [0.25, 0.3) is 0 Å². The van der Waals surface area contributed by atoms with E-state index in [2.05, 4.69) is 15.2 Å². The van der Waals surface area contributed by atoms with Gasteiger partial charge in [0.1, 0.15) is 5.82 Å². The number of aromatic nitrogens is 1. The van der Waals surface area contributed by atoms with Crippen LogP contribution in [-0.4, -0.2) is 48.7 Å². The maximum atomic E-state index is 11.7. The van der Waals surface area contributed by atoms with Crippen LogP contribution >= 0.6 is 11.8 Å². The van der Waals surface area contributed by atoms with Crippen molar-refractivity contribution in [2.45, 2.75) is 12.2 Å². The fourth-order valence-corrected chi connectivity index (χ4v) is 2.06. The van der Waals surface area contributed by atoms with Gasteiger partial charge in [-0.2, -0.15) is 11.8 Å². The number of hydrogen-bond donors (Lipinski definition) is 1. The lowest BCUT2D eigenvalue weighted by atomic mass is 10.3. The van der Waals surface area contributed by atoms with Gasteiger partial charge < -0.3 is 15.0 Å². The Kier molecular flexibility index (Phi) is 5.04. The molecule has 0 saturated carbocycles. The molecule has 1 saturated heterocycles. The fraction of sp³-hybridized carbons (Fsp3) is 0.538. The lowest BCUT2D eigenvalue weighted by Crippen LogP contribution is -2.36. The summed E-state index contributed by atoms with van der Waals surface area (Å²) in [6.45, 7) is 5.09. The molecule has 0 bridgehead atoms. The number of hydrogen-bond acceptors (Lipinski definition) is 5. The van der Waals surface area contributed by atoms with Crippen LogP contribution in [0.15, 0.2) is 18.3 Å². The van der Waals surface area contributed by atoms with Crippen LogP contribution in [0.4, 0.5) is 11.5 Å². The molecule has 1 atom stereocenters. The zero-order chi connectivity index (χ0) is 13.7. The quantitative estimate of drug-likeness (QED) is 0.908. The first-order valence-electron chi connectivity index (χ1n) is 6.33. The smallest absolute Gasteiger partial charge is 0.237 e. The summed E-state index contributed by atoms with van der Waals surface area (Å²) in [7, 11) is 0. The van der Waals surface area contributed by atoms with Gasteiger partial charge in [-0.05, 0) is 25.3 Å². The second-order valence-electron chi connectivity index (χ2n) is 4.37. The van der Waals surface area contributed by atoms with E-state index in [1.165, 1.54) is 11.8 Å². The standard InChI is InChI=1S/C13H19N3O2S/c1-10(19-2)13(17)15-11-3-4-12(14-9-11)16-5-7-18-8-6-16/h3-4,9-10H,5-8H2,1-2H3,(H,15,17). The Bertz CT molecular complexity index is 418. The monoisotopic (exact) mass is 281 g/mol. The van der Waals surface area contributed by atoms with Gasteiger partial charge in [-0.15, -0.1) is 0 Å². The summed E-state index contributed by atoms with van der Waals surface area (Å²) in [6, 6.07) is 3.83. The highest BCUT2D eigenvalue weighted by Gasteiger charge is 2.14. The van der Waals surface area contributed by atoms with Crippen LogP contribution in [-0.2, 0) is 9.53 Å². The van der Waals surface area contributed by atoms with Gasteiger partial charge in [-0.25, -0.2) is 4.98 Å². The Morgan fingerprint density at radius 3 is 2.79 bits per heavy atom. The number of amides is 1. The predicted octanol–water partition coefficient (Wildman–Crippen LogP) is 1.61. The normalized spacial score (nSPS) is 17.1. The average Bonchev–Trinajstić information content (AvgIpc) is 2.48. The van der Waals surface area contributed by atoms with Crippen molar-refractivity contribution in [3.05, 3.63) is 18.3 Å². The summed E-state index contributed by atoms with van der Waals surface area (Å²) < 4.78 is 5.31. The molecule has 1 aliphatic rings. The van der Waals surface area contributed by atoms with E-state index in [1.54, 1.807) is 6.20 Å². The number of thioether (sulfide) groups is 1. The highest BCUT2D eigenvalue weighted by Crippen LogP contribution is 2.16. The zero-order valence-electron chi connectivity index (χ0n) is 11.3. The molecule has 2 rings (SSSR count). The molecule has 1 amide bonds. The minimum absolute atomic E-state index is 0.00780. The van der Waals surface area contributed by atoms with Crippen molar-refractivity contribution in [3.8, 4) is 0 Å². The first-order valence-corrected chi connectivity index (χ1v) is 7.62. The zero-order valence-corrected chi connectivity index (χ0v) is 12.1. The Hall–Kier alpha value is -1.27. The molecule has 0 aromatic carbocycles. The maximum Gasteiger partial charge on any atom is 0.237 e. The summed E-state index contributed by atoms with van der Waals surface area (Å²) in [5.41, 5.74) is 0.739. The molecule has 1 aromatic rings. The predicted molar refractivity (Wildman–Crippen MR) is 78.9 cm³/mol. The van der Waals surface area contributed by atoms with Crippen molar-refractivity contribution >= 4 is 29.2 Å². The number of rotatable bonds is 4. The van der Waals surface area contributed by atoms with Crippen LogP contribution in [0.1, 0.15) is 6.92 Å². The third-order valence-corrected chi connectivity index (χ3v) is 3.99. The lowest BCUT2D eigenvalue weighted by molar-refractivity contribution is -0.115. The summed E-state index contributed by atoms with van der Waals surface area (Å²) in [6.07, 6.45) is 3.62. The SMILES string of the molecule is CSC(C)C(=O)Nc1ccc(N2CCOCC2)nc1. The van der Waals surface area contributed by atoms with Gasteiger partial charge in [-0.3, -0.25) is 4.79 Å². The molecule has 104 valence electrons. The molecule has 1 unspecified atom stereocenters. The van der Waals surface area contributed by atoms with E-state index >= 15 is 0 Å². The Balaban J connectivity index is 1.96. The third-order valence-electron chi connectivity index (χ3n) is 3.07. The lowest BCUT2D eigenvalue weighted by Gasteiger charge is -2.27. The number of pyridine rings is 1. The van der Waals surface area contributed by atoms with Gasteiger partial charge >= 0.3 is 0 Å². The molecule has 1 N–H and O–H groups in total. The van der Waals surface area contributed by atoms with Crippen molar-refractivity contribution in [3.63, 3.8) is 0 Å². The first kappa shape index (κ1) is 14.1. The summed E-state index contributed by atoms with van der Waals surface area (Å²) in [4.78, 5) is 18.3. The van der Waals surface area contributed by atoms with E-state index in [4.69, 9.17) is 4.74 Å². The van der Waals surface area contributed by atoms with E-state index in [1.807, 2.05) is 25.3 Å². The molecule has 0 spiro atoms. The fourth-order valence-electron chi connectivity index (χ4n) is 1.79. The molecular weight excluding hydrogens is 262 g/mol. The highest BCUT2D eigenvalue weighted by atomic mass is 32.2. The van der Waals surface area contributed by atoms with Gasteiger partial charge in [0.15, 0.2) is 0 Å².